The summed E-state index contributed by atoms with van der Waals surface area (Å²) in [6, 6.07) is 18.1. The van der Waals surface area contributed by atoms with E-state index in [0.29, 0.717) is 13.2 Å². The lowest BCUT2D eigenvalue weighted by atomic mass is 10.0. The van der Waals surface area contributed by atoms with E-state index < -0.39 is 0 Å². The maximum atomic E-state index is 11.9. The van der Waals surface area contributed by atoms with E-state index in [2.05, 4.69) is 25.1 Å². The molecule has 1 aliphatic rings. The maximum absolute atomic E-state index is 11.9. The number of hydrogen-bond donors (Lipinski definition) is 0. The number of benzene rings is 2. The molecule has 0 aromatic heterocycles. The maximum Gasteiger partial charge on any atom is 0.414 e. The minimum Gasteiger partial charge on any atom is -0.447 e. The first kappa shape index (κ1) is 13.4. The SMILES string of the molecule is Cc1ccccc1/C=C(/c1ccccc1)N1CCOC1=O. The van der Waals surface area contributed by atoms with Crippen LogP contribution >= 0.6 is 0 Å². The number of carbonyl (C=O) groups excluding carboxylic acids is 1. The van der Waals surface area contributed by atoms with Crippen molar-refractivity contribution in [2.75, 3.05) is 13.2 Å². The average Bonchev–Trinajstić information content (AvgIpc) is 2.93. The lowest BCUT2D eigenvalue weighted by Gasteiger charge is -2.18. The first-order chi connectivity index (χ1) is 10.3. The minimum atomic E-state index is -0.279. The molecule has 0 N–H and O–H groups in total. The van der Waals surface area contributed by atoms with Crippen LogP contribution < -0.4 is 0 Å². The van der Waals surface area contributed by atoms with Crippen molar-refractivity contribution in [3.05, 3.63) is 71.3 Å². The number of amides is 1. The van der Waals surface area contributed by atoms with Gasteiger partial charge in [-0.25, -0.2) is 4.79 Å². The van der Waals surface area contributed by atoms with Gasteiger partial charge in [-0.1, -0.05) is 54.6 Å². The predicted octanol–water partition coefficient (Wildman–Crippen LogP) is 3.95. The van der Waals surface area contributed by atoms with Crippen molar-refractivity contribution >= 4 is 17.9 Å². The van der Waals surface area contributed by atoms with E-state index in [1.807, 2.05) is 42.5 Å². The summed E-state index contributed by atoms with van der Waals surface area (Å²) in [6.07, 6.45) is 1.77. The van der Waals surface area contributed by atoms with Crippen molar-refractivity contribution < 1.29 is 9.53 Å². The van der Waals surface area contributed by atoms with E-state index in [-0.39, 0.29) is 6.09 Å². The lowest BCUT2D eigenvalue weighted by molar-refractivity contribution is 0.167. The van der Waals surface area contributed by atoms with Gasteiger partial charge < -0.3 is 4.74 Å². The van der Waals surface area contributed by atoms with E-state index in [0.717, 1.165) is 16.8 Å². The van der Waals surface area contributed by atoms with E-state index in [4.69, 9.17) is 4.74 Å². The quantitative estimate of drug-likeness (QED) is 0.796. The van der Waals surface area contributed by atoms with Crippen LogP contribution in [0.25, 0.3) is 11.8 Å². The first-order valence-corrected chi connectivity index (χ1v) is 7.03. The molecule has 0 atom stereocenters. The van der Waals surface area contributed by atoms with Crippen LogP contribution in [0, 0.1) is 6.92 Å². The summed E-state index contributed by atoms with van der Waals surface area (Å²) in [4.78, 5) is 13.6. The highest BCUT2D eigenvalue weighted by Gasteiger charge is 2.26. The molecule has 0 aliphatic carbocycles. The molecule has 21 heavy (non-hydrogen) atoms. The molecule has 0 bridgehead atoms. The number of aryl methyl sites for hydroxylation is 1. The van der Waals surface area contributed by atoms with Gasteiger partial charge in [-0.15, -0.1) is 0 Å². The predicted molar refractivity (Wildman–Crippen MR) is 83.5 cm³/mol. The molecule has 3 rings (SSSR count). The fourth-order valence-corrected chi connectivity index (χ4v) is 2.43. The zero-order valence-corrected chi connectivity index (χ0v) is 12.0. The number of nitrogens with zero attached hydrogens (tertiary/aromatic N) is 1. The van der Waals surface area contributed by atoms with Crippen LogP contribution in [0.15, 0.2) is 54.6 Å². The summed E-state index contributed by atoms with van der Waals surface area (Å²) in [5.41, 5.74) is 4.18. The lowest BCUT2D eigenvalue weighted by Crippen LogP contribution is -2.22. The van der Waals surface area contributed by atoms with Crippen molar-refractivity contribution in [1.29, 1.82) is 0 Å². The number of hydrogen-bond acceptors (Lipinski definition) is 2. The molecular formula is C18H17NO2. The third-order valence-electron chi connectivity index (χ3n) is 3.60. The Morgan fingerprint density at radius 2 is 1.81 bits per heavy atom. The van der Waals surface area contributed by atoms with Gasteiger partial charge in [0, 0.05) is 0 Å². The van der Waals surface area contributed by atoms with Gasteiger partial charge in [-0.05, 0) is 29.7 Å². The van der Waals surface area contributed by atoms with E-state index in [9.17, 15) is 4.79 Å². The summed E-state index contributed by atoms with van der Waals surface area (Å²) < 4.78 is 5.08. The molecule has 2 aromatic carbocycles. The van der Waals surface area contributed by atoms with Crippen molar-refractivity contribution in [2.45, 2.75) is 6.92 Å². The van der Waals surface area contributed by atoms with Gasteiger partial charge in [0.2, 0.25) is 0 Å². The van der Waals surface area contributed by atoms with Crippen molar-refractivity contribution in [2.24, 2.45) is 0 Å². The largest absolute Gasteiger partial charge is 0.447 e. The molecule has 1 amide bonds. The Morgan fingerprint density at radius 3 is 2.48 bits per heavy atom. The topological polar surface area (TPSA) is 29.5 Å². The molecule has 1 saturated heterocycles. The molecule has 1 aliphatic heterocycles. The third-order valence-corrected chi connectivity index (χ3v) is 3.60. The van der Waals surface area contributed by atoms with Gasteiger partial charge in [0.05, 0.1) is 12.2 Å². The van der Waals surface area contributed by atoms with E-state index in [1.165, 1.54) is 5.56 Å². The summed E-state index contributed by atoms with van der Waals surface area (Å²) >= 11 is 0. The fraction of sp³-hybridized carbons (Fsp3) is 0.167. The van der Waals surface area contributed by atoms with Gasteiger partial charge >= 0.3 is 6.09 Å². The van der Waals surface area contributed by atoms with Gasteiger partial charge in [-0.2, -0.15) is 0 Å². The Hall–Kier alpha value is -2.55. The highest BCUT2D eigenvalue weighted by atomic mass is 16.6. The van der Waals surface area contributed by atoms with Gasteiger partial charge in [0.1, 0.15) is 6.61 Å². The second-order valence-electron chi connectivity index (χ2n) is 5.02. The highest BCUT2D eigenvalue weighted by molar-refractivity contribution is 5.90. The molecule has 0 saturated carbocycles. The molecule has 1 fully saturated rings. The third kappa shape index (κ3) is 2.82. The average molecular weight is 279 g/mol. The van der Waals surface area contributed by atoms with Gasteiger partial charge in [-0.3, -0.25) is 4.90 Å². The van der Waals surface area contributed by atoms with Crippen molar-refractivity contribution in [3.8, 4) is 0 Å². The normalized spacial score (nSPS) is 15.2. The Bertz CT molecular complexity index is 677. The minimum absolute atomic E-state index is 0.279. The van der Waals surface area contributed by atoms with Crippen LogP contribution in [-0.4, -0.2) is 24.1 Å². The van der Waals surface area contributed by atoms with Crippen LogP contribution in [-0.2, 0) is 4.74 Å². The summed E-state index contributed by atoms with van der Waals surface area (Å²) in [5.74, 6) is 0. The highest BCUT2D eigenvalue weighted by Crippen LogP contribution is 2.26. The summed E-state index contributed by atoms with van der Waals surface area (Å²) in [5, 5.41) is 0. The van der Waals surface area contributed by atoms with Crippen molar-refractivity contribution in [3.63, 3.8) is 0 Å². The first-order valence-electron chi connectivity index (χ1n) is 7.03. The zero-order valence-electron chi connectivity index (χ0n) is 12.0. The number of rotatable bonds is 3. The standard InChI is InChI=1S/C18H17NO2/c1-14-7-5-6-10-16(14)13-17(15-8-3-2-4-9-15)19-11-12-21-18(19)20/h2-10,13H,11-12H2,1H3/b17-13-. The fourth-order valence-electron chi connectivity index (χ4n) is 2.43. The van der Waals surface area contributed by atoms with Crippen LogP contribution in [0.3, 0.4) is 0 Å². The number of carbonyl (C=O) groups is 1. The Kier molecular flexibility index (Phi) is 3.73. The molecule has 0 spiro atoms. The molecule has 1 heterocycles. The molecule has 0 radical (unpaired) electrons. The van der Waals surface area contributed by atoms with Crippen LogP contribution in [0.4, 0.5) is 4.79 Å². The smallest absolute Gasteiger partial charge is 0.414 e. The second-order valence-corrected chi connectivity index (χ2v) is 5.02. The molecule has 3 nitrogen and oxygen atoms in total. The summed E-state index contributed by atoms with van der Waals surface area (Å²) in [6.45, 7) is 3.10. The van der Waals surface area contributed by atoms with Crippen LogP contribution in [0.1, 0.15) is 16.7 Å². The molecule has 0 unspecified atom stereocenters. The van der Waals surface area contributed by atoms with E-state index in [1.54, 1.807) is 4.90 Å². The van der Waals surface area contributed by atoms with Gasteiger partial charge in [0.25, 0.3) is 0 Å². The van der Waals surface area contributed by atoms with Crippen LogP contribution in [0.2, 0.25) is 0 Å². The zero-order chi connectivity index (χ0) is 14.7. The molecular weight excluding hydrogens is 262 g/mol. The Morgan fingerprint density at radius 1 is 1.10 bits per heavy atom. The van der Waals surface area contributed by atoms with Gasteiger partial charge in [0.15, 0.2) is 0 Å². The Labute approximate surface area is 124 Å². The van der Waals surface area contributed by atoms with Crippen LogP contribution in [0.5, 0.6) is 0 Å². The second kappa shape index (κ2) is 5.83. The number of cyclic esters (lactones) is 1. The molecule has 3 heteroatoms. The monoisotopic (exact) mass is 279 g/mol. The molecule has 106 valence electrons. The summed E-state index contributed by atoms with van der Waals surface area (Å²) in [7, 11) is 0. The molecule has 2 aromatic rings. The van der Waals surface area contributed by atoms with Crippen molar-refractivity contribution in [1.82, 2.24) is 4.90 Å². The number of ether oxygens (including phenoxy) is 1. The van der Waals surface area contributed by atoms with E-state index >= 15 is 0 Å². The Balaban J connectivity index is 2.08.